The van der Waals surface area contributed by atoms with E-state index in [1.807, 2.05) is 44.8 Å². The van der Waals surface area contributed by atoms with Gasteiger partial charge in [-0.3, -0.25) is 0 Å². The molecule has 114 valence electrons. The molecule has 1 aromatic heterocycles. The number of aryl methyl sites for hydroxylation is 1. The Labute approximate surface area is 128 Å². The lowest BCUT2D eigenvalue weighted by Gasteiger charge is -2.17. The van der Waals surface area contributed by atoms with Gasteiger partial charge in [-0.15, -0.1) is 0 Å². The predicted molar refractivity (Wildman–Crippen MR) is 89.2 cm³/mol. The second kappa shape index (κ2) is 8.15. The number of imidazole rings is 1. The van der Waals surface area contributed by atoms with Gasteiger partial charge in [-0.1, -0.05) is 18.7 Å². The summed E-state index contributed by atoms with van der Waals surface area (Å²) >= 11 is 0. The Kier molecular flexibility index (Phi) is 6.53. The van der Waals surface area contributed by atoms with E-state index in [1.54, 1.807) is 0 Å². The first-order chi connectivity index (χ1) is 10.0. The second-order valence-electron chi connectivity index (χ2n) is 5.13. The van der Waals surface area contributed by atoms with Crippen molar-refractivity contribution in [1.82, 2.24) is 14.8 Å². The number of nitrogens with zero attached hydrogens (tertiary/aromatic N) is 3. The van der Waals surface area contributed by atoms with Crippen LogP contribution in [-0.4, -0.2) is 23.1 Å². The molecule has 0 amide bonds. The third-order valence-electron chi connectivity index (χ3n) is 3.31. The first-order valence-electron chi connectivity index (χ1n) is 7.11. The van der Waals surface area contributed by atoms with Crippen LogP contribution in [0, 0.1) is 0 Å². The van der Waals surface area contributed by atoms with Crippen molar-refractivity contribution in [2.24, 2.45) is 7.05 Å². The minimum absolute atomic E-state index is 0.859. The molecule has 1 aromatic rings. The summed E-state index contributed by atoms with van der Waals surface area (Å²) in [6, 6.07) is 0. The zero-order valence-corrected chi connectivity index (χ0v) is 13.6. The molecular formula is C17H27N4+. The van der Waals surface area contributed by atoms with Crippen molar-refractivity contribution in [3.63, 3.8) is 0 Å². The van der Waals surface area contributed by atoms with E-state index >= 15 is 0 Å². The molecule has 0 atom stereocenters. The molecule has 0 saturated heterocycles. The van der Waals surface area contributed by atoms with Gasteiger partial charge in [0.25, 0.3) is 5.82 Å². The van der Waals surface area contributed by atoms with Crippen LogP contribution in [0.1, 0.15) is 19.7 Å². The average Bonchev–Trinajstić information content (AvgIpc) is 2.79. The van der Waals surface area contributed by atoms with Gasteiger partial charge in [-0.25, -0.2) is 9.13 Å². The van der Waals surface area contributed by atoms with Gasteiger partial charge >= 0.3 is 0 Å². The van der Waals surface area contributed by atoms with E-state index in [4.69, 9.17) is 0 Å². The number of hydrogen-bond donors (Lipinski definition) is 1. The highest BCUT2D eigenvalue weighted by molar-refractivity contribution is 5.32. The largest absolute Gasteiger partial charge is 0.386 e. The lowest BCUT2D eigenvalue weighted by molar-refractivity contribution is -0.696. The van der Waals surface area contributed by atoms with Crippen LogP contribution in [0.2, 0.25) is 0 Å². The molecule has 4 nitrogen and oxygen atoms in total. The molecule has 0 spiro atoms. The van der Waals surface area contributed by atoms with Crippen LogP contribution in [-0.2, 0) is 13.6 Å². The topological polar surface area (TPSA) is 24.1 Å². The van der Waals surface area contributed by atoms with Crippen molar-refractivity contribution in [2.75, 3.05) is 13.6 Å². The monoisotopic (exact) mass is 287 g/mol. The average molecular weight is 287 g/mol. The maximum absolute atomic E-state index is 3.84. The summed E-state index contributed by atoms with van der Waals surface area (Å²) in [5, 5.41) is 3.30. The Hall–Kier alpha value is -2.23. The Morgan fingerprint density at radius 1 is 1.43 bits per heavy atom. The normalized spacial score (nSPS) is 10.5. The van der Waals surface area contributed by atoms with Crippen LogP contribution in [0.3, 0.4) is 0 Å². The van der Waals surface area contributed by atoms with Gasteiger partial charge in [0, 0.05) is 31.2 Å². The molecular weight excluding hydrogens is 260 g/mol. The van der Waals surface area contributed by atoms with Gasteiger partial charge in [-0.05, 0) is 19.9 Å². The third kappa shape index (κ3) is 4.67. The van der Waals surface area contributed by atoms with Crippen LogP contribution in [0.4, 0.5) is 0 Å². The smallest absolute Gasteiger partial charge is 0.280 e. The molecule has 0 aliphatic heterocycles. The second-order valence-corrected chi connectivity index (χ2v) is 5.13. The summed E-state index contributed by atoms with van der Waals surface area (Å²) in [6.45, 7) is 13.6. The Morgan fingerprint density at radius 3 is 2.71 bits per heavy atom. The summed E-state index contributed by atoms with van der Waals surface area (Å²) in [4.78, 5) is 2.06. The SMILES string of the molecule is C=CC(=C(C)C)N(C)/C=C\NCC[n+]1ccn(C)c1C=C. The maximum atomic E-state index is 3.84. The van der Waals surface area contributed by atoms with E-state index in [0.717, 1.165) is 24.6 Å². The molecule has 0 aliphatic carbocycles. The quantitative estimate of drug-likeness (QED) is 0.451. The van der Waals surface area contributed by atoms with Crippen LogP contribution in [0.15, 0.2) is 55.3 Å². The number of nitrogens with one attached hydrogen (secondary N) is 1. The number of rotatable bonds is 8. The molecule has 0 aromatic carbocycles. The fraction of sp³-hybridized carbons (Fsp3) is 0.353. The predicted octanol–water partition coefficient (Wildman–Crippen LogP) is 2.43. The van der Waals surface area contributed by atoms with Crippen molar-refractivity contribution in [2.45, 2.75) is 20.4 Å². The van der Waals surface area contributed by atoms with E-state index in [1.165, 1.54) is 5.57 Å². The van der Waals surface area contributed by atoms with Gasteiger partial charge < -0.3 is 10.2 Å². The van der Waals surface area contributed by atoms with Crippen LogP contribution in [0.25, 0.3) is 6.08 Å². The number of allylic oxidation sites excluding steroid dienone is 2. The molecule has 0 radical (unpaired) electrons. The first kappa shape index (κ1) is 16.8. The highest BCUT2D eigenvalue weighted by atomic mass is 15.1. The number of likely N-dealkylation sites (N-methyl/N-ethyl adjacent to an activating group) is 1. The molecule has 21 heavy (non-hydrogen) atoms. The summed E-state index contributed by atoms with van der Waals surface area (Å²) < 4.78 is 4.23. The summed E-state index contributed by atoms with van der Waals surface area (Å²) in [5.74, 6) is 1.11. The first-order valence-corrected chi connectivity index (χ1v) is 7.11. The van der Waals surface area contributed by atoms with Gasteiger partial charge in [0.2, 0.25) is 0 Å². The van der Waals surface area contributed by atoms with Crippen molar-refractivity contribution < 1.29 is 4.57 Å². The molecule has 4 heteroatoms. The van der Waals surface area contributed by atoms with Crippen molar-refractivity contribution in [3.8, 4) is 0 Å². The van der Waals surface area contributed by atoms with Gasteiger partial charge in [0.15, 0.2) is 0 Å². The molecule has 0 fully saturated rings. The zero-order valence-electron chi connectivity index (χ0n) is 13.6. The van der Waals surface area contributed by atoms with Crippen molar-refractivity contribution in [3.05, 3.63) is 61.1 Å². The molecule has 1 rings (SSSR count). The van der Waals surface area contributed by atoms with Crippen molar-refractivity contribution >= 4 is 6.08 Å². The highest BCUT2D eigenvalue weighted by Gasteiger charge is 2.09. The van der Waals surface area contributed by atoms with Crippen molar-refractivity contribution in [1.29, 1.82) is 0 Å². The van der Waals surface area contributed by atoms with E-state index in [9.17, 15) is 0 Å². The fourth-order valence-corrected chi connectivity index (χ4v) is 2.20. The molecule has 0 aliphatic rings. The minimum atomic E-state index is 0.859. The number of hydrogen-bond acceptors (Lipinski definition) is 2. The van der Waals surface area contributed by atoms with Crippen LogP contribution in [0.5, 0.6) is 0 Å². The third-order valence-corrected chi connectivity index (χ3v) is 3.31. The fourth-order valence-electron chi connectivity index (χ4n) is 2.20. The summed E-state index contributed by atoms with van der Waals surface area (Å²) in [6.07, 6.45) is 11.8. The Balaban J connectivity index is 2.47. The van der Waals surface area contributed by atoms with Gasteiger partial charge in [0.05, 0.1) is 13.6 Å². The molecule has 1 heterocycles. The maximum Gasteiger partial charge on any atom is 0.280 e. The Morgan fingerprint density at radius 2 is 2.14 bits per heavy atom. The summed E-state index contributed by atoms with van der Waals surface area (Å²) in [7, 11) is 4.04. The van der Waals surface area contributed by atoms with E-state index in [2.05, 4.69) is 52.6 Å². The minimum Gasteiger partial charge on any atom is -0.386 e. The molecule has 0 bridgehead atoms. The highest BCUT2D eigenvalue weighted by Crippen LogP contribution is 2.08. The van der Waals surface area contributed by atoms with Crippen LogP contribution >= 0.6 is 0 Å². The molecule has 1 N–H and O–H groups in total. The van der Waals surface area contributed by atoms with Gasteiger partial charge in [0.1, 0.15) is 18.9 Å². The number of aromatic nitrogens is 2. The van der Waals surface area contributed by atoms with E-state index < -0.39 is 0 Å². The molecule has 0 saturated carbocycles. The standard InChI is InChI=1S/C17H27N4/c1-7-16(15(3)4)19(5)11-9-18-10-12-21-14-13-20(6)17(21)8-2/h7-9,11,13-14,18H,1-2,10,12H2,3-6H3/q+1/b11-9-. The summed E-state index contributed by atoms with van der Waals surface area (Å²) in [5.41, 5.74) is 2.37. The Bertz CT molecular complexity index is 545. The van der Waals surface area contributed by atoms with E-state index in [0.29, 0.717) is 0 Å². The van der Waals surface area contributed by atoms with Gasteiger partial charge in [-0.2, -0.15) is 0 Å². The lowest BCUT2D eigenvalue weighted by atomic mass is 10.2. The lowest BCUT2D eigenvalue weighted by Crippen LogP contribution is -2.39. The zero-order chi connectivity index (χ0) is 15.8. The molecule has 0 unspecified atom stereocenters. The van der Waals surface area contributed by atoms with E-state index in [-0.39, 0.29) is 0 Å². The van der Waals surface area contributed by atoms with Crippen LogP contribution < -0.4 is 9.88 Å².